The fourth-order valence-corrected chi connectivity index (χ4v) is 1.72. The van der Waals surface area contributed by atoms with Gasteiger partial charge >= 0.3 is 0 Å². The minimum Gasteiger partial charge on any atom is -0.493 e. The van der Waals surface area contributed by atoms with E-state index in [-0.39, 0.29) is 5.91 Å². The predicted molar refractivity (Wildman–Crippen MR) is 80.9 cm³/mol. The summed E-state index contributed by atoms with van der Waals surface area (Å²) in [5, 5.41) is 2.76. The number of nitrogens with one attached hydrogen (secondary N) is 1. The van der Waals surface area contributed by atoms with Crippen LogP contribution < -0.4 is 14.8 Å². The van der Waals surface area contributed by atoms with Crippen molar-refractivity contribution in [2.45, 2.75) is 0 Å². The Labute approximate surface area is 123 Å². The number of amides is 1. The second kappa shape index (κ2) is 7.09. The Morgan fingerprint density at radius 1 is 1.38 bits per heavy atom. The maximum Gasteiger partial charge on any atom is 0.255 e. The van der Waals surface area contributed by atoms with Crippen LogP contribution in [0.5, 0.6) is 11.5 Å². The molecule has 0 unspecified atom stereocenters. The number of anilines is 1. The van der Waals surface area contributed by atoms with Gasteiger partial charge < -0.3 is 14.8 Å². The summed E-state index contributed by atoms with van der Waals surface area (Å²) in [6, 6.07) is 8.52. The van der Waals surface area contributed by atoms with Crippen molar-refractivity contribution in [2.75, 3.05) is 19.0 Å². The van der Waals surface area contributed by atoms with Gasteiger partial charge in [0.25, 0.3) is 5.91 Å². The lowest BCUT2D eigenvalue weighted by molar-refractivity contribution is 0.102. The summed E-state index contributed by atoms with van der Waals surface area (Å²) in [4.78, 5) is 16.1. The lowest BCUT2D eigenvalue weighted by atomic mass is 10.2. The number of nitrogens with zero attached hydrogens (tertiary/aromatic N) is 1. The molecule has 0 aliphatic carbocycles. The van der Waals surface area contributed by atoms with Crippen LogP contribution in [0.2, 0.25) is 0 Å². The molecular weight excluding hydrogens is 268 g/mol. The molecule has 108 valence electrons. The van der Waals surface area contributed by atoms with Crippen LogP contribution in [-0.4, -0.2) is 24.6 Å². The molecule has 0 radical (unpaired) electrons. The zero-order valence-corrected chi connectivity index (χ0v) is 11.7. The Hall–Kier alpha value is -2.82. The van der Waals surface area contributed by atoms with Crippen molar-refractivity contribution in [1.29, 1.82) is 0 Å². The van der Waals surface area contributed by atoms with Gasteiger partial charge in [0.05, 0.1) is 19.0 Å². The number of ether oxygens (including phenoxy) is 2. The van der Waals surface area contributed by atoms with Gasteiger partial charge in [-0.2, -0.15) is 0 Å². The average Bonchev–Trinajstić information content (AvgIpc) is 2.53. The van der Waals surface area contributed by atoms with Gasteiger partial charge in [-0.15, -0.1) is 0 Å². The summed E-state index contributed by atoms with van der Waals surface area (Å²) in [6.07, 6.45) is 4.86. The highest BCUT2D eigenvalue weighted by molar-refractivity contribution is 6.04. The summed E-state index contributed by atoms with van der Waals surface area (Å²) in [6.45, 7) is 3.96. The van der Waals surface area contributed by atoms with E-state index >= 15 is 0 Å². The van der Waals surface area contributed by atoms with Crippen LogP contribution in [-0.2, 0) is 0 Å². The van der Waals surface area contributed by atoms with Gasteiger partial charge in [-0.1, -0.05) is 12.7 Å². The van der Waals surface area contributed by atoms with Crippen LogP contribution in [0, 0.1) is 0 Å². The number of benzene rings is 1. The van der Waals surface area contributed by atoms with E-state index in [1.54, 1.807) is 48.8 Å². The monoisotopic (exact) mass is 284 g/mol. The van der Waals surface area contributed by atoms with Crippen molar-refractivity contribution >= 4 is 11.6 Å². The highest BCUT2D eigenvalue weighted by Crippen LogP contribution is 2.28. The minimum absolute atomic E-state index is 0.239. The highest BCUT2D eigenvalue weighted by atomic mass is 16.5. The number of carbonyl (C=O) groups excluding carboxylic acids is 1. The van der Waals surface area contributed by atoms with Crippen LogP contribution in [0.4, 0.5) is 5.69 Å². The topological polar surface area (TPSA) is 60.5 Å². The molecule has 21 heavy (non-hydrogen) atoms. The van der Waals surface area contributed by atoms with E-state index in [1.807, 2.05) is 0 Å². The minimum atomic E-state index is -0.239. The van der Waals surface area contributed by atoms with Crippen LogP contribution >= 0.6 is 0 Å². The first-order valence-electron chi connectivity index (χ1n) is 6.37. The first-order valence-corrected chi connectivity index (χ1v) is 6.37. The Kier molecular flexibility index (Phi) is 4.93. The third kappa shape index (κ3) is 3.82. The predicted octanol–water partition coefficient (Wildman–Crippen LogP) is 2.91. The Balaban J connectivity index is 2.16. The van der Waals surface area contributed by atoms with E-state index < -0.39 is 0 Å². The second-order valence-electron chi connectivity index (χ2n) is 4.16. The SMILES string of the molecule is C=CCOc1ccc(C(=O)Nc2cccnc2)cc1OC. The lowest BCUT2D eigenvalue weighted by Crippen LogP contribution is -2.12. The molecule has 1 heterocycles. The quantitative estimate of drug-likeness (QED) is 0.829. The summed E-state index contributed by atoms with van der Waals surface area (Å²) in [5.74, 6) is 0.822. The molecule has 0 bridgehead atoms. The molecule has 5 heteroatoms. The summed E-state index contributed by atoms with van der Waals surface area (Å²) in [7, 11) is 1.53. The molecule has 0 aliphatic rings. The Bertz CT molecular complexity index is 627. The van der Waals surface area contributed by atoms with E-state index in [0.29, 0.717) is 29.4 Å². The first-order chi connectivity index (χ1) is 10.2. The van der Waals surface area contributed by atoms with E-state index in [4.69, 9.17) is 9.47 Å². The van der Waals surface area contributed by atoms with Crippen LogP contribution in [0.25, 0.3) is 0 Å². The Morgan fingerprint density at radius 2 is 2.24 bits per heavy atom. The van der Waals surface area contributed by atoms with E-state index in [9.17, 15) is 4.79 Å². The second-order valence-corrected chi connectivity index (χ2v) is 4.16. The van der Waals surface area contributed by atoms with E-state index in [0.717, 1.165) is 0 Å². The number of rotatable bonds is 6. The third-order valence-corrected chi connectivity index (χ3v) is 2.70. The fourth-order valence-electron chi connectivity index (χ4n) is 1.72. The number of aromatic nitrogens is 1. The van der Waals surface area contributed by atoms with Gasteiger partial charge in [0.15, 0.2) is 11.5 Å². The molecule has 2 aromatic rings. The molecular formula is C16H16N2O3. The molecule has 1 N–H and O–H groups in total. The largest absolute Gasteiger partial charge is 0.493 e. The third-order valence-electron chi connectivity index (χ3n) is 2.70. The molecule has 0 saturated heterocycles. The van der Waals surface area contributed by atoms with Crippen molar-refractivity contribution in [2.24, 2.45) is 0 Å². The maximum atomic E-state index is 12.2. The first kappa shape index (κ1) is 14.6. The van der Waals surface area contributed by atoms with E-state index in [2.05, 4.69) is 16.9 Å². The van der Waals surface area contributed by atoms with Gasteiger partial charge in [0.2, 0.25) is 0 Å². The van der Waals surface area contributed by atoms with Crippen molar-refractivity contribution in [1.82, 2.24) is 4.98 Å². The number of carbonyl (C=O) groups is 1. The van der Waals surface area contributed by atoms with Gasteiger partial charge in [-0.25, -0.2) is 0 Å². The zero-order chi connectivity index (χ0) is 15.1. The number of hydrogen-bond donors (Lipinski definition) is 1. The summed E-state index contributed by atoms with van der Waals surface area (Å²) >= 11 is 0. The number of pyridine rings is 1. The molecule has 1 amide bonds. The number of hydrogen-bond acceptors (Lipinski definition) is 4. The molecule has 0 atom stereocenters. The smallest absolute Gasteiger partial charge is 0.255 e. The van der Waals surface area contributed by atoms with Crippen molar-refractivity contribution < 1.29 is 14.3 Å². The summed E-state index contributed by atoms with van der Waals surface area (Å²) < 4.78 is 10.7. The molecule has 0 saturated carbocycles. The fraction of sp³-hybridized carbons (Fsp3) is 0.125. The molecule has 1 aromatic heterocycles. The highest BCUT2D eigenvalue weighted by Gasteiger charge is 2.11. The van der Waals surface area contributed by atoms with Crippen molar-refractivity contribution in [3.8, 4) is 11.5 Å². The van der Waals surface area contributed by atoms with Crippen molar-refractivity contribution in [3.63, 3.8) is 0 Å². The lowest BCUT2D eigenvalue weighted by Gasteiger charge is -2.11. The normalized spacial score (nSPS) is 9.76. The average molecular weight is 284 g/mol. The van der Waals surface area contributed by atoms with Gasteiger partial charge in [0.1, 0.15) is 6.61 Å². The van der Waals surface area contributed by atoms with Crippen LogP contribution in [0.1, 0.15) is 10.4 Å². The van der Waals surface area contributed by atoms with Crippen LogP contribution in [0.3, 0.4) is 0 Å². The molecule has 1 aromatic carbocycles. The van der Waals surface area contributed by atoms with Gasteiger partial charge in [-0.3, -0.25) is 9.78 Å². The molecule has 0 fully saturated rings. The maximum absolute atomic E-state index is 12.2. The van der Waals surface area contributed by atoms with E-state index in [1.165, 1.54) is 7.11 Å². The molecule has 2 rings (SSSR count). The number of methoxy groups -OCH3 is 1. The van der Waals surface area contributed by atoms with Gasteiger partial charge in [-0.05, 0) is 30.3 Å². The van der Waals surface area contributed by atoms with Crippen LogP contribution in [0.15, 0.2) is 55.4 Å². The molecule has 0 aliphatic heterocycles. The van der Waals surface area contributed by atoms with Gasteiger partial charge in [0, 0.05) is 11.8 Å². The van der Waals surface area contributed by atoms with Crippen molar-refractivity contribution in [3.05, 3.63) is 60.9 Å². The Morgan fingerprint density at radius 3 is 2.90 bits per heavy atom. The summed E-state index contributed by atoms with van der Waals surface area (Å²) in [5.41, 5.74) is 1.11. The zero-order valence-electron chi connectivity index (χ0n) is 11.7. The molecule has 0 spiro atoms. The molecule has 5 nitrogen and oxygen atoms in total. The standard InChI is InChI=1S/C16H16N2O3/c1-3-9-21-14-7-6-12(10-15(14)20-2)16(19)18-13-5-4-8-17-11-13/h3-8,10-11H,1,9H2,2H3,(H,18,19).